The van der Waals surface area contributed by atoms with Crippen LogP contribution in [0.2, 0.25) is 0 Å². The lowest BCUT2D eigenvalue weighted by Crippen LogP contribution is -2.11. The number of halogens is 1. The van der Waals surface area contributed by atoms with Gasteiger partial charge in [0.05, 0.1) is 11.9 Å². The van der Waals surface area contributed by atoms with Crippen LogP contribution in [0.1, 0.15) is 15.9 Å². The third-order valence-corrected chi connectivity index (χ3v) is 3.27. The van der Waals surface area contributed by atoms with Crippen molar-refractivity contribution in [2.75, 3.05) is 5.32 Å². The Kier molecular flexibility index (Phi) is 3.28. The molecule has 88 valence electrons. The average Bonchev–Trinajstić information content (AvgIpc) is 2.68. The number of aromatic nitrogens is 2. The predicted molar refractivity (Wildman–Crippen MR) is 70.0 cm³/mol. The number of nitrogens with one attached hydrogen (secondary N) is 1. The van der Waals surface area contributed by atoms with E-state index in [2.05, 4.69) is 26.3 Å². The standard InChI is InChI=1S/C12H12BrN3O/c1-8-5-9(3-4-11(8)13)12(17)15-10-6-14-16(2)7-10/h3-7H,1-2H3,(H,15,17). The van der Waals surface area contributed by atoms with E-state index in [1.807, 2.05) is 19.1 Å². The number of hydrogen-bond acceptors (Lipinski definition) is 2. The second-order valence-corrected chi connectivity index (χ2v) is 4.68. The number of nitrogens with zero attached hydrogens (tertiary/aromatic N) is 2. The summed E-state index contributed by atoms with van der Waals surface area (Å²) in [6, 6.07) is 5.49. The lowest BCUT2D eigenvalue weighted by Gasteiger charge is -2.04. The first-order valence-electron chi connectivity index (χ1n) is 5.12. The Morgan fingerprint density at radius 2 is 2.24 bits per heavy atom. The molecule has 0 radical (unpaired) electrons. The molecule has 0 saturated carbocycles. The monoisotopic (exact) mass is 293 g/mol. The van der Waals surface area contributed by atoms with Crippen molar-refractivity contribution < 1.29 is 4.79 Å². The molecule has 1 heterocycles. The summed E-state index contributed by atoms with van der Waals surface area (Å²) < 4.78 is 2.64. The average molecular weight is 294 g/mol. The summed E-state index contributed by atoms with van der Waals surface area (Å²) in [6.07, 6.45) is 3.37. The molecule has 0 aliphatic heterocycles. The van der Waals surface area contributed by atoms with E-state index in [0.29, 0.717) is 11.3 Å². The number of hydrogen-bond donors (Lipinski definition) is 1. The van der Waals surface area contributed by atoms with Gasteiger partial charge in [-0.05, 0) is 30.7 Å². The molecule has 0 spiro atoms. The maximum absolute atomic E-state index is 11.9. The fraction of sp³-hybridized carbons (Fsp3) is 0.167. The van der Waals surface area contributed by atoms with E-state index in [0.717, 1.165) is 10.0 Å². The number of carbonyl (C=O) groups excluding carboxylic acids is 1. The number of aryl methyl sites for hydroxylation is 2. The number of rotatable bonds is 2. The number of anilines is 1. The largest absolute Gasteiger partial charge is 0.319 e. The highest BCUT2D eigenvalue weighted by atomic mass is 79.9. The summed E-state index contributed by atoms with van der Waals surface area (Å²) >= 11 is 3.40. The van der Waals surface area contributed by atoms with Crippen LogP contribution in [-0.4, -0.2) is 15.7 Å². The Morgan fingerprint density at radius 1 is 1.47 bits per heavy atom. The molecular formula is C12H12BrN3O. The van der Waals surface area contributed by atoms with Gasteiger partial charge in [0.2, 0.25) is 0 Å². The summed E-state index contributed by atoms with van der Waals surface area (Å²) in [5.74, 6) is -0.131. The minimum atomic E-state index is -0.131. The zero-order valence-corrected chi connectivity index (χ0v) is 11.2. The summed E-state index contributed by atoms with van der Waals surface area (Å²) in [4.78, 5) is 11.9. The fourth-order valence-electron chi connectivity index (χ4n) is 1.47. The lowest BCUT2D eigenvalue weighted by molar-refractivity contribution is 0.102. The lowest BCUT2D eigenvalue weighted by atomic mass is 10.1. The maximum Gasteiger partial charge on any atom is 0.255 e. The molecule has 0 aliphatic rings. The molecule has 2 aromatic rings. The van der Waals surface area contributed by atoms with Gasteiger partial charge in [-0.1, -0.05) is 15.9 Å². The van der Waals surface area contributed by atoms with Crippen LogP contribution in [0.5, 0.6) is 0 Å². The predicted octanol–water partition coefficient (Wildman–Crippen LogP) is 2.74. The number of benzene rings is 1. The molecule has 0 saturated heterocycles. The second kappa shape index (κ2) is 4.71. The molecule has 0 unspecified atom stereocenters. The van der Waals surface area contributed by atoms with Crippen LogP contribution < -0.4 is 5.32 Å². The minimum absolute atomic E-state index is 0.131. The van der Waals surface area contributed by atoms with Crippen LogP contribution in [0.15, 0.2) is 35.1 Å². The smallest absolute Gasteiger partial charge is 0.255 e. The van der Waals surface area contributed by atoms with E-state index in [1.54, 1.807) is 30.2 Å². The van der Waals surface area contributed by atoms with Crippen molar-refractivity contribution >= 4 is 27.5 Å². The molecular weight excluding hydrogens is 282 g/mol. The normalized spacial score (nSPS) is 10.3. The van der Waals surface area contributed by atoms with Gasteiger partial charge in [0.25, 0.3) is 5.91 Å². The van der Waals surface area contributed by atoms with E-state index in [1.165, 1.54) is 0 Å². The van der Waals surface area contributed by atoms with Crippen LogP contribution >= 0.6 is 15.9 Å². The summed E-state index contributed by atoms with van der Waals surface area (Å²) in [7, 11) is 1.80. The van der Waals surface area contributed by atoms with Crippen molar-refractivity contribution in [1.29, 1.82) is 0 Å². The van der Waals surface area contributed by atoms with E-state index in [4.69, 9.17) is 0 Å². The van der Waals surface area contributed by atoms with Gasteiger partial charge in [-0.25, -0.2) is 0 Å². The molecule has 1 amide bonds. The van der Waals surface area contributed by atoms with Gasteiger partial charge in [-0.15, -0.1) is 0 Å². The Labute approximate surface area is 108 Å². The SMILES string of the molecule is Cc1cc(C(=O)Nc2cnn(C)c2)ccc1Br. The van der Waals surface area contributed by atoms with E-state index < -0.39 is 0 Å². The van der Waals surface area contributed by atoms with Gasteiger partial charge in [0, 0.05) is 23.3 Å². The summed E-state index contributed by atoms with van der Waals surface area (Å²) in [6.45, 7) is 1.95. The first kappa shape index (κ1) is 11.9. The van der Waals surface area contributed by atoms with E-state index >= 15 is 0 Å². The van der Waals surface area contributed by atoms with Crippen molar-refractivity contribution in [3.05, 3.63) is 46.2 Å². The highest BCUT2D eigenvalue weighted by molar-refractivity contribution is 9.10. The van der Waals surface area contributed by atoms with E-state index in [-0.39, 0.29) is 5.91 Å². The first-order valence-corrected chi connectivity index (χ1v) is 5.92. The molecule has 0 fully saturated rings. The number of carbonyl (C=O) groups is 1. The fourth-order valence-corrected chi connectivity index (χ4v) is 1.72. The third kappa shape index (κ3) is 2.74. The van der Waals surface area contributed by atoms with Gasteiger partial charge < -0.3 is 5.32 Å². The van der Waals surface area contributed by atoms with Crippen LogP contribution in [0.4, 0.5) is 5.69 Å². The highest BCUT2D eigenvalue weighted by Gasteiger charge is 2.08. The molecule has 1 N–H and O–H groups in total. The topological polar surface area (TPSA) is 46.9 Å². The van der Waals surface area contributed by atoms with Crippen molar-refractivity contribution in [1.82, 2.24) is 9.78 Å². The molecule has 4 nitrogen and oxygen atoms in total. The van der Waals surface area contributed by atoms with Gasteiger partial charge >= 0.3 is 0 Å². The molecule has 0 atom stereocenters. The summed E-state index contributed by atoms with van der Waals surface area (Å²) in [5.41, 5.74) is 2.36. The number of amides is 1. The first-order chi connectivity index (χ1) is 8.06. The van der Waals surface area contributed by atoms with Crippen molar-refractivity contribution in [2.45, 2.75) is 6.92 Å². The van der Waals surface area contributed by atoms with E-state index in [9.17, 15) is 4.79 Å². The molecule has 0 bridgehead atoms. The van der Waals surface area contributed by atoms with Crippen LogP contribution in [0.3, 0.4) is 0 Å². The Bertz CT molecular complexity index is 563. The quantitative estimate of drug-likeness (QED) is 0.925. The van der Waals surface area contributed by atoms with Gasteiger partial charge in [0.15, 0.2) is 0 Å². The Hall–Kier alpha value is -1.62. The highest BCUT2D eigenvalue weighted by Crippen LogP contribution is 2.18. The van der Waals surface area contributed by atoms with Crippen molar-refractivity contribution in [3.63, 3.8) is 0 Å². The molecule has 5 heteroatoms. The maximum atomic E-state index is 11.9. The Balaban J connectivity index is 2.17. The van der Waals surface area contributed by atoms with Crippen molar-refractivity contribution in [3.8, 4) is 0 Å². The van der Waals surface area contributed by atoms with Gasteiger partial charge in [-0.3, -0.25) is 9.48 Å². The second-order valence-electron chi connectivity index (χ2n) is 3.82. The van der Waals surface area contributed by atoms with Crippen LogP contribution in [-0.2, 0) is 7.05 Å². The summed E-state index contributed by atoms with van der Waals surface area (Å²) in [5, 5.41) is 6.78. The molecule has 1 aromatic carbocycles. The van der Waals surface area contributed by atoms with Crippen LogP contribution in [0, 0.1) is 6.92 Å². The zero-order valence-electron chi connectivity index (χ0n) is 9.57. The molecule has 1 aromatic heterocycles. The Morgan fingerprint density at radius 3 is 2.82 bits per heavy atom. The van der Waals surface area contributed by atoms with Crippen molar-refractivity contribution in [2.24, 2.45) is 7.05 Å². The molecule has 2 rings (SSSR count). The van der Waals surface area contributed by atoms with Gasteiger partial charge in [-0.2, -0.15) is 5.10 Å². The van der Waals surface area contributed by atoms with Crippen LogP contribution in [0.25, 0.3) is 0 Å². The zero-order chi connectivity index (χ0) is 12.4. The molecule has 0 aliphatic carbocycles. The minimum Gasteiger partial charge on any atom is -0.319 e. The third-order valence-electron chi connectivity index (χ3n) is 2.38. The van der Waals surface area contributed by atoms with Gasteiger partial charge in [0.1, 0.15) is 0 Å². The molecule has 17 heavy (non-hydrogen) atoms.